The summed E-state index contributed by atoms with van der Waals surface area (Å²) in [6, 6.07) is 0. The van der Waals surface area contributed by atoms with Gasteiger partial charge in [0.2, 0.25) is 0 Å². The first kappa shape index (κ1) is 12.0. The molecule has 2 aromatic heterocycles. The summed E-state index contributed by atoms with van der Waals surface area (Å²) < 4.78 is 0. The summed E-state index contributed by atoms with van der Waals surface area (Å²) in [6.45, 7) is 7.10. The van der Waals surface area contributed by atoms with Crippen molar-refractivity contribution in [3.05, 3.63) is 22.1 Å². The summed E-state index contributed by atoms with van der Waals surface area (Å²) in [5.41, 5.74) is 4.75. The monoisotopic (exact) mass is 248 g/mol. The lowest BCUT2D eigenvalue weighted by atomic mass is 10.2. The Hall–Kier alpha value is -1.49. The summed E-state index contributed by atoms with van der Waals surface area (Å²) >= 11 is 1.56. The van der Waals surface area contributed by atoms with Crippen molar-refractivity contribution < 1.29 is 0 Å². The van der Waals surface area contributed by atoms with Crippen molar-refractivity contribution in [1.29, 1.82) is 0 Å². The average Bonchev–Trinajstić information content (AvgIpc) is 2.84. The number of anilines is 1. The van der Waals surface area contributed by atoms with E-state index in [4.69, 9.17) is 0 Å². The number of aromatic nitrogens is 3. The highest BCUT2D eigenvalue weighted by atomic mass is 32.1. The van der Waals surface area contributed by atoms with Gasteiger partial charge in [0.25, 0.3) is 0 Å². The van der Waals surface area contributed by atoms with Crippen LogP contribution in [0.3, 0.4) is 0 Å². The van der Waals surface area contributed by atoms with Gasteiger partial charge in [-0.15, -0.1) is 11.3 Å². The number of rotatable bonds is 4. The molecule has 0 atom stereocenters. The van der Waals surface area contributed by atoms with Crippen LogP contribution in [-0.2, 0) is 0 Å². The fraction of sp³-hybridized carbons (Fsp3) is 0.417. The maximum atomic E-state index is 4.54. The van der Waals surface area contributed by atoms with Crippen LogP contribution in [-0.4, -0.2) is 21.5 Å². The van der Waals surface area contributed by atoms with Crippen molar-refractivity contribution in [2.45, 2.75) is 27.2 Å². The Morgan fingerprint density at radius 2 is 2.12 bits per heavy atom. The molecule has 90 valence electrons. The van der Waals surface area contributed by atoms with E-state index in [1.54, 1.807) is 16.8 Å². The van der Waals surface area contributed by atoms with Crippen LogP contribution in [0.25, 0.3) is 11.5 Å². The standard InChI is InChI=1S/C12H16N4S/c1-4-5-13-11-8(2)9(3)15-12(16-11)10-6-17-7-14-10/h6-7H,4-5H2,1-3H3,(H,13,15,16). The third kappa shape index (κ3) is 2.61. The SMILES string of the molecule is CCCNc1nc(-c2cscn2)nc(C)c1C. The van der Waals surface area contributed by atoms with E-state index < -0.39 is 0 Å². The lowest BCUT2D eigenvalue weighted by Crippen LogP contribution is -2.07. The molecule has 5 heteroatoms. The molecule has 2 aromatic rings. The van der Waals surface area contributed by atoms with Crippen LogP contribution in [0, 0.1) is 13.8 Å². The zero-order valence-electron chi connectivity index (χ0n) is 10.3. The first-order valence-corrected chi connectivity index (χ1v) is 6.64. The number of hydrogen-bond acceptors (Lipinski definition) is 5. The molecular formula is C12H16N4S. The zero-order valence-corrected chi connectivity index (χ0v) is 11.1. The Morgan fingerprint density at radius 1 is 1.29 bits per heavy atom. The number of nitrogens with zero attached hydrogens (tertiary/aromatic N) is 3. The van der Waals surface area contributed by atoms with Gasteiger partial charge in [0, 0.05) is 23.2 Å². The molecule has 1 N–H and O–H groups in total. The second-order valence-corrected chi connectivity index (χ2v) is 4.63. The van der Waals surface area contributed by atoms with Gasteiger partial charge in [-0.3, -0.25) is 0 Å². The Balaban J connectivity index is 2.39. The van der Waals surface area contributed by atoms with Crippen molar-refractivity contribution >= 4 is 17.2 Å². The predicted molar refractivity (Wildman–Crippen MR) is 71.4 cm³/mol. The van der Waals surface area contributed by atoms with E-state index >= 15 is 0 Å². The molecule has 0 aliphatic carbocycles. The second kappa shape index (κ2) is 5.23. The molecule has 0 fully saturated rings. The molecule has 0 unspecified atom stereocenters. The van der Waals surface area contributed by atoms with E-state index in [2.05, 4.69) is 27.2 Å². The lowest BCUT2D eigenvalue weighted by Gasteiger charge is -2.10. The summed E-state index contributed by atoms with van der Waals surface area (Å²) in [6.07, 6.45) is 1.08. The minimum Gasteiger partial charge on any atom is -0.370 e. The van der Waals surface area contributed by atoms with Crippen LogP contribution in [0.1, 0.15) is 24.6 Å². The van der Waals surface area contributed by atoms with Gasteiger partial charge in [0.05, 0.1) is 5.51 Å². The molecule has 4 nitrogen and oxygen atoms in total. The van der Waals surface area contributed by atoms with E-state index in [1.165, 1.54) is 0 Å². The summed E-state index contributed by atoms with van der Waals surface area (Å²) in [5.74, 6) is 1.62. The van der Waals surface area contributed by atoms with Crippen molar-refractivity contribution in [3.63, 3.8) is 0 Å². The number of thiazole rings is 1. The molecule has 17 heavy (non-hydrogen) atoms. The van der Waals surface area contributed by atoms with Gasteiger partial charge in [-0.25, -0.2) is 15.0 Å². The first-order chi connectivity index (χ1) is 8.22. The van der Waals surface area contributed by atoms with Crippen LogP contribution in [0.5, 0.6) is 0 Å². The van der Waals surface area contributed by atoms with E-state index in [1.807, 2.05) is 19.2 Å². The first-order valence-electron chi connectivity index (χ1n) is 5.70. The fourth-order valence-corrected chi connectivity index (χ4v) is 2.01. The molecule has 0 radical (unpaired) electrons. The highest BCUT2D eigenvalue weighted by Gasteiger charge is 2.10. The van der Waals surface area contributed by atoms with Crippen molar-refractivity contribution in [2.24, 2.45) is 0 Å². The number of hydrogen-bond donors (Lipinski definition) is 1. The van der Waals surface area contributed by atoms with Crippen LogP contribution in [0.2, 0.25) is 0 Å². The van der Waals surface area contributed by atoms with Crippen LogP contribution in [0.4, 0.5) is 5.82 Å². The van der Waals surface area contributed by atoms with Crippen molar-refractivity contribution in [2.75, 3.05) is 11.9 Å². The normalized spacial score (nSPS) is 10.5. The van der Waals surface area contributed by atoms with Crippen LogP contribution < -0.4 is 5.32 Å². The Labute approximate surface area is 105 Å². The number of aryl methyl sites for hydroxylation is 1. The van der Waals surface area contributed by atoms with Crippen molar-refractivity contribution in [1.82, 2.24) is 15.0 Å². The maximum absolute atomic E-state index is 4.54. The topological polar surface area (TPSA) is 50.7 Å². The molecule has 0 aliphatic rings. The molecule has 2 heterocycles. The molecule has 0 bridgehead atoms. The van der Waals surface area contributed by atoms with Gasteiger partial charge >= 0.3 is 0 Å². The van der Waals surface area contributed by atoms with E-state index in [-0.39, 0.29) is 0 Å². The minimum atomic E-state index is 0.702. The third-order valence-electron chi connectivity index (χ3n) is 2.59. The highest BCUT2D eigenvalue weighted by Crippen LogP contribution is 2.21. The largest absolute Gasteiger partial charge is 0.370 e. The van der Waals surface area contributed by atoms with Gasteiger partial charge in [-0.2, -0.15) is 0 Å². The third-order valence-corrected chi connectivity index (χ3v) is 3.18. The molecular weight excluding hydrogens is 232 g/mol. The van der Waals surface area contributed by atoms with Crippen LogP contribution >= 0.6 is 11.3 Å². The molecule has 0 aromatic carbocycles. The molecule has 0 saturated heterocycles. The lowest BCUT2D eigenvalue weighted by molar-refractivity contribution is 0.953. The van der Waals surface area contributed by atoms with E-state index in [0.717, 1.165) is 35.7 Å². The second-order valence-electron chi connectivity index (χ2n) is 3.91. The Morgan fingerprint density at radius 3 is 2.76 bits per heavy atom. The van der Waals surface area contributed by atoms with Gasteiger partial charge < -0.3 is 5.32 Å². The van der Waals surface area contributed by atoms with Gasteiger partial charge in [0.1, 0.15) is 11.5 Å². The molecule has 0 spiro atoms. The van der Waals surface area contributed by atoms with Crippen LogP contribution in [0.15, 0.2) is 10.9 Å². The van der Waals surface area contributed by atoms with Gasteiger partial charge in [0.15, 0.2) is 5.82 Å². The van der Waals surface area contributed by atoms with Gasteiger partial charge in [-0.1, -0.05) is 6.92 Å². The predicted octanol–water partition coefficient (Wildman–Crippen LogP) is 3.04. The molecule has 0 amide bonds. The summed E-state index contributed by atoms with van der Waals surface area (Å²) in [5, 5.41) is 5.30. The summed E-state index contributed by atoms with van der Waals surface area (Å²) in [4.78, 5) is 13.3. The van der Waals surface area contributed by atoms with Crippen molar-refractivity contribution in [3.8, 4) is 11.5 Å². The highest BCUT2D eigenvalue weighted by molar-refractivity contribution is 7.07. The van der Waals surface area contributed by atoms with E-state index in [0.29, 0.717) is 5.82 Å². The number of nitrogens with one attached hydrogen (secondary N) is 1. The average molecular weight is 248 g/mol. The molecule has 2 rings (SSSR count). The fourth-order valence-electron chi connectivity index (χ4n) is 1.48. The smallest absolute Gasteiger partial charge is 0.181 e. The Bertz CT molecular complexity index is 493. The summed E-state index contributed by atoms with van der Waals surface area (Å²) in [7, 11) is 0. The van der Waals surface area contributed by atoms with Gasteiger partial charge in [-0.05, 0) is 20.3 Å². The quantitative estimate of drug-likeness (QED) is 0.903. The molecule has 0 aliphatic heterocycles. The maximum Gasteiger partial charge on any atom is 0.181 e. The zero-order chi connectivity index (χ0) is 12.3. The Kier molecular flexibility index (Phi) is 3.68. The minimum absolute atomic E-state index is 0.702. The molecule has 0 saturated carbocycles. The van der Waals surface area contributed by atoms with E-state index in [9.17, 15) is 0 Å².